The number of carbonyl (C=O) groups excluding carboxylic acids is 1. The number of allylic oxidation sites excluding steroid dienone is 2. The van der Waals surface area contributed by atoms with Crippen LogP contribution in [-0.2, 0) is 20.5 Å². The third kappa shape index (κ3) is 14.2. The maximum atomic E-state index is 12.9. The van der Waals surface area contributed by atoms with E-state index in [1.54, 1.807) is 0 Å². The van der Waals surface area contributed by atoms with E-state index >= 15 is 0 Å². The zero-order chi connectivity index (χ0) is 30.3. The summed E-state index contributed by atoms with van der Waals surface area (Å²) in [6.07, 6.45) is -0.0933. The van der Waals surface area contributed by atoms with E-state index in [-0.39, 0.29) is 68.0 Å². The third-order valence-corrected chi connectivity index (χ3v) is 7.62. The second kappa shape index (κ2) is 18.6. The fourth-order valence-corrected chi connectivity index (χ4v) is 5.23. The number of rotatable bonds is 19. The van der Waals surface area contributed by atoms with Crippen LogP contribution in [0.25, 0.3) is 0 Å². The molecule has 1 aromatic carbocycles. The van der Waals surface area contributed by atoms with Crippen molar-refractivity contribution >= 4 is 17.7 Å². The fraction of sp³-hybridized carbons (Fsp3) is 0.667. The van der Waals surface area contributed by atoms with Crippen molar-refractivity contribution < 1.29 is 58.0 Å². The van der Waals surface area contributed by atoms with Gasteiger partial charge in [-0.3, -0.25) is 15.2 Å². The largest absolute Gasteiger partial charge is 0.491 e. The molecule has 10 nitrogen and oxygen atoms in total. The quantitative estimate of drug-likeness (QED) is 0.0669. The minimum atomic E-state index is -4.49. The minimum absolute atomic E-state index is 0.00664. The summed E-state index contributed by atoms with van der Waals surface area (Å²) in [5, 5.41) is 47.6. The van der Waals surface area contributed by atoms with Gasteiger partial charge in [-0.2, -0.15) is 24.9 Å². The van der Waals surface area contributed by atoms with Crippen LogP contribution in [0.1, 0.15) is 50.5 Å². The van der Waals surface area contributed by atoms with E-state index in [0.717, 1.165) is 12.1 Å². The molecular weight excluding hydrogens is 571 g/mol. The number of alkyl halides is 3. The monoisotopic (exact) mass is 611 g/mol. The molecule has 1 aromatic rings. The smallest absolute Gasteiger partial charge is 0.416 e. The number of unbranched alkanes of at least 4 members (excludes halogenated alkanes) is 1. The van der Waals surface area contributed by atoms with Crippen LogP contribution in [0.2, 0.25) is 0 Å². The van der Waals surface area contributed by atoms with E-state index in [2.05, 4.69) is 4.84 Å². The highest BCUT2D eigenvalue weighted by Gasteiger charge is 2.40. The van der Waals surface area contributed by atoms with Crippen molar-refractivity contribution in [3.63, 3.8) is 0 Å². The molecule has 0 spiro atoms. The van der Waals surface area contributed by atoms with Crippen molar-refractivity contribution in [2.75, 3.05) is 31.3 Å². The molecule has 1 aliphatic rings. The molecule has 1 saturated carbocycles. The normalized spacial score (nSPS) is 22.0. The van der Waals surface area contributed by atoms with Gasteiger partial charge in [-0.05, 0) is 68.6 Å². The summed E-state index contributed by atoms with van der Waals surface area (Å²) in [5.41, 5.74) is -0.835. The molecule has 0 bridgehead atoms. The third-order valence-electron chi connectivity index (χ3n) is 6.71. The zero-order valence-corrected chi connectivity index (χ0v) is 23.5. The van der Waals surface area contributed by atoms with Crippen LogP contribution >= 0.6 is 11.8 Å². The van der Waals surface area contributed by atoms with Gasteiger partial charge in [0.25, 0.3) is 0 Å². The van der Waals surface area contributed by atoms with Gasteiger partial charge < -0.3 is 24.8 Å². The van der Waals surface area contributed by atoms with Crippen LogP contribution < -0.4 is 4.74 Å². The minimum Gasteiger partial charge on any atom is -0.491 e. The molecule has 0 saturated heterocycles. The van der Waals surface area contributed by atoms with Crippen molar-refractivity contribution in [2.45, 2.75) is 69.4 Å². The Balaban J connectivity index is 1.63. The summed E-state index contributed by atoms with van der Waals surface area (Å²) in [6.45, 7) is 0.164. The van der Waals surface area contributed by atoms with Gasteiger partial charge in [0.15, 0.2) is 0 Å². The van der Waals surface area contributed by atoms with Gasteiger partial charge in [0, 0.05) is 17.9 Å². The summed E-state index contributed by atoms with van der Waals surface area (Å²) < 4.78 is 49.0. The Morgan fingerprint density at radius 3 is 2.59 bits per heavy atom. The lowest BCUT2D eigenvalue weighted by molar-refractivity contribution is -0.490. The van der Waals surface area contributed by atoms with Crippen LogP contribution in [0, 0.1) is 11.8 Å². The Labute approximate surface area is 241 Å². The molecule has 0 aromatic heterocycles. The van der Waals surface area contributed by atoms with Crippen molar-refractivity contribution in [3.8, 4) is 5.75 Å². The molecule has 234 valence electrons. The highest BCUT2D eigenvalue weighted by Crippen LogP contribution is 2.38. The summed E-state index contributed by atoms with van der Waals surface area (Å²) in [4.78, 5) is 16.2. The number of hydrogen-bond acceptors (Lipinski definition) is 11. The van der Waals surface area contributed by atoms with Crippen molar-refractivity contribution in [3.05, 3.63) is 42.0 Å². The molecule has 41 heavy (non-hydrogen) atoms. The average molecular weight is 612 g/mol. The second-order valence-corrected chi connectivity index (χ2v) is 11.0. The van der Waals surface area contributed by atoms with Gasteiger partial charge in [0.2, 0.25) is 0 Å². The van der Waals surface area contributed by atoms with E-state index in [0.29, 0.717) is 37.2 Å². The molecule has 2 rings (SSSR count). The lowest BCUT2D eigenvalue weighted by Crippen LogP contribution is -2.25. The van der Waals surface area contributed by atoms with Crippen LogP contribution in [0.15, 0.2) is 36.4 Å². The van der Waals surface area contributed by atoms with Crippen molar-refractivity contribution in [1.82, 2.24) is 5.39 Å². The standard InChI is InChI=1S/C27H40F3NO9S/c28-27(29,30)19-6-5-7-21(16-19)39-18-20(32)10-11-23-22(24(33)17-25(23)34)8-3-1-2-4-9-26(35)38-12-14-41-15-13-40-31(36)37/h1,3,5-7,16,20,22-25,32-34,36-37H,2,4,8-15,17-18H2/b3-1-/t20-,22-,23-,24+,25-/m1/s1. The summed E-state index contributed by atoms with van der Waals surface area (Å²) >= 11 is 1.44. The number of hydrogen-bond donors (Lipinski definition) is 5. The maximum absolute atomic E-state index is 12.9. The first-order chi connectivity index (χ1) is 19.5. The SMILES string of the molecule is O=C(CCC/C=C\C[C@@H]1[C@@H](CC[C@@H](O)COc2cccc(C(F)(F)F)c2)[C@H](O)C[C@@H]1O)OCCSCCON(O)O. The van der Waals surface area contributed by atoms with E-state index < -0.39 is 30.1 Å². The lowest BCUT2D eigenvalue weighted by Gasteiger charge is -2.23. The zero-order valence-electron chi connectivity index (χ0n) is 22.7. The molecule has 0 amide bonds. The van der Waals surface area contributed by atoms with E-state index in [4.69, 9.17) is 19.9 Å². The van der Waals surface area contributed by atoms with Crippen molar-refractivity contribution in [1.29, 1.82) is 0 Å². The topological polar surface area (TPSA) is 149 Å². The highest BCUT2D eigenvalue weighted by atomic mass is 32.2. The molecule has 0 aliphatic heterocycles. The number of carbonyl (C=O) groups is 1. The fourth-order valence-electron chi connectivity index (χ4n) is 4.63. The summed E-state index contributed by atoms with van der Waals surface area (Å²) in [5.74, 6) is 0.310. The van der Waals surface area contributed by atoms with Crippen LogP contribution in [0.4, 0.5) is 13.2 Å². The number of halogens is 3. The molecule has 14 heteroatoms. The predicted molar refractivity (Wildman–Crippen MR) is 143 cm³/mol. The number of esters is 1. The first-order valence-corrected chi connectivity index (χ1v) is 14.7. The Bertz CT molecular complexity index is 922. The molecule has 5 atom stereocenters. The van der Waals surface area contributed by atoms with Gasteiger partial charge in [-0.25, -0.2) is 4.84 Å². The van der Waals surface area contributed by atoms with Crippen molar-refractivity contribution in [2.24, 2.45) is 11.8 Å². The van der Waals surface area contributed by atoms with Gasteiger partial charge in [0.1, 0.15) is 19.0 Å². The van der Waals surface area contributed by atoms with Crippen LogP contribution in [0.5, 0.6) is 5.75 Å². The number of aliphatic hydroxyl groups excluding tert-OH is 3. The number of aliphatic hydroxyl groups is 3. The molecular formula is C27H40F3NO9S. The number of nitrogens with zero attached hydrogens (tertiary/aromatic N) is 1. The second-order valence-electron chi connectivity index (χ2n) is 9.78. The van der Waals surface area contributed by atoms with Gasteiger partial charge in [-0.15, -0.1) is 0 Å². The molecule has 1 fully saturated rings. The molecule has 1 aliphatic carbocycles. The van der Waals surface area contributed by atoms with Gasteiger partial charge >= 0.3 is 12.1 Å². The van der Waals surface area contributed by atoms with E-state index in [1.807, 2.05) is 12.2 Å². The first kappa shape index (κ1) is 35.3. The van der Waals surface area contributed by atoms with E-state index in [9.17, 15) is 33.3 Å². The number of ether oxygens (including phenoxy) is 2. The molecule has 0 unspecified atom stereocenters. The summed E-state index contributed by atoms with van der Waals surface area (Å²) in [6, 6.07) is 4.44. The first-order valence-electron chi connectivity index (χ1n) is 13.5. The Morgan fingerprint density at radius 2 is 1.85 bits per heavy atom. The molecule has 5 N–H and O–H groups in total. The Morgan fingerprint density at radius 1 is 1.12 bits per heavy atom. The van der Waals surface area contributed by atoms with Gasteiger partial charge in [0.05, 0.1) is 35.9 Å². The maximum Gasteiger partial charge on any atom is 0.416 e. The lowest BCUT2D eigenvalue weighted by atomic mass is 9.86. The summed E-state index contributed by atoms with van der Waals surface area (Å²) in [7, 11) is 0. The van der Waals surface area contributed by atoms with Crippen LogP contribution in [0.3, 0.4) is 0 Å². The van der Waals surface area contributed by atoms with Crippen LogP contribution in [-0.4, -0.2) is 86.7 Å². The predicted octanol–water partition coefficient (Wildman–Crippen LogP) is 3.99. The Hall–Kier alpha value is -1.91. The van der Waals surface area contributed by atoms with Gasteiger partial charge in [-0.1, -0.05) is 18.2 Å². The number of thioether (sulfide) groups is 1. The Kier molecular flexibility index (Phi) is 16.0. The highest BCUT2D eigenvalue weighted by molar-refractivity contribution is 7.99. The molecule has 0 radical (unpaired) electrons. The average Bonchev–Trinajstić information content (AvgIpc) is 3.18. The van der Waals surface area contributed by atoms with E-state index in [1.165, 1.54) is 23.9 Å². The molecule has 0 heterocycles. The number of benzene rings is 1.